The van der Waals surface area contributed by atoms with Crippen LogP contribution in [0.4, 0.5) is 0 Å². The summed E-state index contributed by atoms with van der Waals surface area (Å²) in [4.78, 5) is 21.9. The van der Waals surface area contributed by atoms with Gasteiger partial charge in [0.15, 0.2) is 0 Å². The third kappa shape index (κ3) is 1.32. The molecule has 7 nitrogen and oxygen atoms in total. The number of aliphatic hydroxyl groups is 1. The standard InChI is InChI=1S/C9H12O7/c1-15-7-4(10)5-2(8(11)12)3(9(13)14)6(7)16-5/h2-7,10H,1H3,(H,11,12)(H,13,14)/t2?,3?,4-,5+,6?,7?/m1/s1. The fourth-order valence-corrected chi connectivity index (χ4v) is 2.58. The Morgan fingerprint density at radius 3 is 2.06 bits per heavy atom. The summed E-state index contributed by atoms with van der Waals surface area (Å²) in [5.74, 6) is -4.90. The van der Waals surface area contributed by atoms with Crippen molar-refractivity contribution in [3.8, 4) is 0 Å². The van der Waals surface area contributed by atoms with Crippen molar-refractivity contribution in [3.63, 3.8) is 0 Å². The molecule has 0 aromatic heterocycles. The Labute approximate surface area is 90.6 Å². The van der Waals surface area contributed by atoms with E-state index < -0.39 is 48.2 Å². The normalized spacial score (nSPS) is 45.9. The van der Waals surface area contributed by atoms with Crippen LogP contribution in [0.15, 0.2) is 0 Å². The van der Waals surface area contributed by atoms with E-state index in [2.05, 4.69) is 0 Å². The quantitative estimate of drug-likeness (QED) is 0.545. The van der Waals surface area contributed by atoms with Crippen LogP contribution in [-0.2, 0) is 19.1 Å². The number of ether oxygens (including phenoxy) is 2. The molecule has 2 aliphatic rings. The predicted octanol–water partition coefficient (Wildman–Crippen LogP) is -1.46. The molecule has 4 unspecified atom stereocenters. The van der Waals surface area contributed by atoms with Gasteiger partial charge in [0.2, 0.25) is 0 Å². The molecule has 0 radical (unpaired) electrons. The number of carbonyl (C=O) groups is 2. The molecule has 2 fully saturated rings. The molecule has 2 bridgehead atoms. The summed E-state index contributed by atoms with van der Waals surface area (Å²) >= 11 is 0. The molecule has 3 N–H and O–H groups in total. The number of rotatable bonds is 3. The third-order valence-electron chi connectivity index (χ3n) is 3.25. The van der Waals surface area contributed by atoms with E-state index in [1.54, 1.807) is 0 Å². The molecule has 0 aliphatic carbocycles. The summed E-state index contributed by atoms with van der Waals surface area (Å²) < 4.78 is 10.1. The van der Waals surface area contributed by atoms with Gasteiger partial charge in [0.1, 0.15) is 36.3 Å². The molecule has 16 heavy (non-hydrogen) atoms. The molecule has 2 heterocycles. The second-order valence-corrected chi connectivity index (χ2v) is 3.98. The Bertz CT molecular complexity index is 328. The van der Waals surface area contributed by atoms with Crippen LogP contribution in [0.2, 0.25) is 0 Å². The number of fused-ring (bicyclic) bond motifs is 2. The second kappa shape index (κ2) is 3.69. The first-order valence-corrected chi connectivity index (χ1v) is 4.81. The molecule has 0 aromatic carbocycles. The highest BCUT2D eigenvalue weighted by atomic mass is 16.6. The summed E-state index contributed by atoms with van der Waals surface area (Å²) in [6.07, 6.45) is -3.77. The van der Waals surface area contributed by atoms with E-state index in [0.29, 0.717) is 0 Å². The van der Waals surface area contributed by atoms with E-state index in [9.17, 15) is 14.7 Å². The largest absolute Gasteiger partial charge is 0.481 e. The van der Waals surface area contributed by atoms with Crippen LogP contribution in [0.3, 0.4) is 0 Å². The molecule has 2 rings (SSSR count). The Balaban J connectivity index is 2.31. The molecule has 0 spiro atoms. The highest BCUT2D eigenvalue weighted by Crippen LogP contribution is 2.45. The van der Waals surface area contributed by atoms with Crippen LogP contribution in [0.25, 0.3) is 0 Å². The van der Waals surface area contributed by atoms with Crippen LogP contribution in [0.5, 0.6) is 0 Å². The van der Waals surface area contributed by atoms with Gasteiger partial charge in [-0.15, -0.1) is 0 Å². The van der Waals surface area contributed by atoms with Gasteiger partial charge in [-0.1, -0.05) is 0 Å². The lowest BCUT2D eigenvalue weighted by atomic mass is 9.76. The topological polar surface area (TPSA) is 113 Å². The number of hydrogen-bond acceptors (Lipinski definition) is 5. The average molecular weight is 232 g/mol. The maximum atomic E-state index is 11.0. The molecule has 2 aliphatic heterocycles. The minimum Gasteiger partial charge on any atom is -0.481 e. The summed E-state index contributed by atoms with van der Waals surface area (Å²) in [5.41, 5.74) is 0. The van der Waals surface area contributed by atoms with Crippen LogP contribution < -0.4 is 0 Å². The number of carboxylic acids is 2. The first-order valence-electron chi connectivity index (χ1n) is 4.81. The smallest absolute Gasteiger partial charge is 0.310 e. The number of aliphatic carboxylic acids is 2. The van der Waals surface area contributed by atoms with E-state index in [0.717, 1.165) is 0 Å². The van der Waals surface area contributed by atoms with Crippen molar-refractivity contribution in [2.75, 3.05) is 7.11 Å². The third-order valence-corrected chi connectivity index (χ3v) is 3.25. The van der Waals surface area contributed by atoms with Crippen molar-refractivity contribution < 1.29 is 34.4 Å². The van der Waals surface area contributed by atoms with E-state index in [1.807, 2.05) is 0 Å². The van der Waals surface area contributed by atoms with Crippen LogP contribution in [-0.4, -0.2) is 58.8 Å². The average Bonchev–Trinajstić information content (AvgIpc) is 2.71. The molecule has 2 saturated heterocycles. The van der Waals surface area contributed by atoms with Gasteiger partial charge in [0, 0.05) is 7.11 Å². The van der Waals surface area contributed by atoms with Gasteiger partial charge < -0.3 is 24.8 Å². The molecular weight excluding hydrogens is 220 g/mol. The van der Waals surface area contributed by atoms with Gasteiger partial charge in [0.05, 0.1) is 0 Å². The van der Waals surface area contributed by atoms with E-state index in [4.69, 9.17) is 19.7 Å². The first kappa shape index (κ1) is 11.3. The number of hydrogen-bond donors (Lipinski definition) is 3. The van der Waals surface area contributed by atoms with Gasteiger partial charge in [-0.3, -0.25) is 9.59 Å². The molecule has 6 atom stereocenters. The highest BCUT2D eigenvalue weighted by Gasteiger charge is 2.64. The van der Waals surface area contributed by atoms with Gasteiger partial charge in [0.25, 0.3) is 0 Å². The summed E-state index contributed by atoms with van der Waals surface area (Å²) in [6.45, 7) is 0. The molecule has 0 saturated carbocycles. The van der Waals surface area contributed by atoms with Crippen LogP contribution in [0.1, 0.15) is 0 Å². The van der Waals surface area contributed by atoms with E-state index >= 15 is 0 Å². The first-order chi connectivity index (χ1) is 7.49. The number of carboxylic acid groups (broad SMARTS) is 2. The number of aliphatic hydroxyl groups excluding tert-OH is 1. The second-order valence-electron chi connectivity index (χ2n) is 3.98. The van der Waals surface area contributed by atoms with Crippen molar-refractivity contribution in [1.82, 2.24) is 0 Å². The summed E-state index contributed by atoms with van der Waals surface area (Å²) in [5, 5.41) is 27.6. The van der Waals surface area contributed by atoms with Crippen LogP contribution >= 0.6 is 0 Å². The SMILES string of the molecule is COC1C2O[C@@H](C(C(=O)O)C2C(=O)O)[C@H]1O. The molecule has 7 heteroatoms. The fraction of sp³-hybridized carbons (Fsp3) is 0.778. The maximum absolute atomic E-state index is 11.0. The van der Waals surface area contributed by atoms with Crippen molar-refractivity contribution >= 4 is 11.9 Å². The monoisotopic (exact) mass is 232 g/mol. The van der Waals surface area contributed by atoms with Crippen molar-refractivity contribution in [2.24, 2.45) is 11.8 Å². The lowest BCUT2D eigenvalue weighted by Gasteiger charge is -2.30. The maximum Gasteiger partial charge on any atom is 0.310 e. The summed E-state index contributed by atoms with van der Waals surface area (Å²) in [7, 11) is 1.33. The minimum absolute atomic E-state index is 0.776. The summed E-state index contributed by atoms with van der Waals surface area (Å²) in [6, 6.07) is 0. The van der Waals surface area contributed by atoms with Crippen molar-refractivity contribution in [2.45, 2.75) is 24.4 Å². The van der Waals surface area contributed by atoms with Crippen LogP contribution in [0, 0.1) is 11.8 Å². The Morgan fingerprint density at radius 1 is 1.12 bits per heavy atom. The van der Waals surface area contributed by atoms with Gasteiger partial charge in [-0.05, 0) is 0 Å². The Morgan fingerprint density at radius 2 is 1.62 bits per heavy atom. The zero-order valence-electron chi connectivity index (χ0n) is 8.44. The van der Waals surface area contributed by atoms with Gasteiger partial charge in [-0.25, -0.2) is 0 Å². The molecule has 0 aromatic rings. The molecular formula is C9H12O7. The molecule has 90 valence electrons. The molecule has 0 amide bonds. The lowest BCUT2D eigenvalue weighted by molar-refractivity contribution is -0.159. The Hall–Kier alpha value is -1.18. The van der Waals surface area contributed by atoms with Gasteiger partial charge in [-0.2, -0.15) is 0 Å². The highest BCUT2D eigenvalue weighted by molar-refractivity contribution is 5.82. The van der Waals surface area contributed by atoms with Gasteiger partial charge >= 0.3 is 11.9 Å². The fourth-order valence-electron chi connectivity index (χ4n) is 2.58. The zero-order valence-corrected chi connectivity index (χ0v) is 8.44. The Kier molecular flexibility index (Phi) is 2.61. The zero-order chi connectivity index (χ0) is 12.0. The lowest BCUT2D eigenvalue weighted by Crippen LogP contribution is -2.52. The van der Waals surface area contributed by atoms with Crippen molar-refractivity contribution in [1.29, 1.82) is 0 Å². The number of methoxy groups -OCH3 is 1. The minimum atomic E-state index is -1.27. The van der Waals surface area contributed by atoms with E-state index in [-0.39, 0.29) is 0 Å². The van der Waals surface area contributed by atoms with Crippen molar-refractivity contribution in [3.05, 3.63) is 0 Å². The predicted molar refractivity (Wildman–Crippen MR) is 47.7 cm³/mol. The van der Waals surface area contributed by atoms with E-state index in [1.165, 1.54) is 7.11 Å².